The topological polar surface area (TPSA) is 53.0 Å². The quantitative estimate of drug-likeness (QED) is 0.462. The maximum Gasteiger partial charge on any atom is 0.117 e. The van der Waals surface area contributed by atoms with Crippen LogP contribution in [-0.4, -0.2) is 34.6 Å². The highest BCUT2D eigenvalue weighted by Gasteiger charge is 2.47. The summed E-state index contributed by atoms with van der Waals surface area (Å²) in [5, 5.41) is 18.0. The average molecular weight is 202 g/mol. The highest BCUT2D eigenvalue weighted by atomic mass is 16.6. The van der Waals surface area contributed by atoms with Gasteiger partial charge in [0.25, 0.3) is 0 Å². The first-order valence-corrected chi connectivity index (χ1v) is 5.40. The minimum atomic E-state index is -0.728. The van der Waals surface area contributed by atoms with Gasteiger partial charge in [-0.3, -0.25) is 0 Å². The summed E-state index contributed by atoms with van der Waals surface area (Å²) in [5.74, 6) is 0. The van der Waals surface area contributed by atoms with Gasteiger partial charge in [-0.15, -0.1) is 0 Å². The van der Waals surface area contributed by atoms with E-state index in [4.69, 9.17) is 14.9 Å². The van der Waals surface area contributed by atoms with Crippen molar-refractivity contribution < 1.29 is 14.9 Å². The van der Waals surface area contributed by atoms with E-state index < -0.39 is 12.2 Å². The zero-order valence-corrected chi connectivity index (χ0v) is 9.47. The van der Waals surface area contributed by atoms with Crippen LogP contribution in [0.3, 0.4) is 0 Å². The zero-order chi connectivity index (χ0) is 11.1. The summed E-state index contributed by atoms with van der Waals surface area (Å²) < 4.78 is 4.96. The molecule has 1 fully saturated rings. The third-order valence-corrected chi connectivity index (χ3v) is 1.75. The van der Waals surface area contributed by atoms with Crippen LogP contribution in [-0.2, 0) is 4.74 Å². The Balaban J connectivity index is 0.000000294. The van der Waals surface area contributed by atoms with E-state index in [9.17, 15) is 0 Å². The number of hydrogen-bond acceptors (Lipinski definition) is 3. The zero-order valence-electron chi connectivity index (χ0n) is 9.47. The first kappa shape index (κ1) is 13.6. The fourth-order valence-corrected chi connectivity index (χ4v) is 1.10. The molecule has 2 N–H and O–H groups in total. The minimum absolute atomic E-state index is 0.0726. The summed E-state index contributed by atoms with van der Waals surface area (Å²) >= 11 is 0. The van der Waals surface area contributed by atoms with Gasteiger partial charge in [-0.2, -0.15) is 0 Å². The highest BCUT2D eigenvalue weighted by Crippen LogP contribution is 2.31. The molecule has 0 aromatic rings. The lowest BCUT2D eigenvalue weighted by molar-refractivity contribution is 0.0288. The number of aliphatic hydroxyl groups is 2. The molecule has 0 radical (unpaired) electrons. The van der Waals surface area contributed by atoms with Gasteiger partial charge in [0.2, 0.25) is 0 Å². The fraction of sp³-hybridized carbons (Fsp3) is 0.818. The number of hydrogen-bond donors (Lipinski definition) is 2. The van der Waals surface area contributed by atoms with Crippen molar-refractivity contribution in [2.75, 3.05) is 0 Å². The van der Waals surface area contributed by atoms with Crippen LogP contribution < -0.4 is 0 Å². The van der Waals surface area contributed by atoms with Crippen molar-refractivity contribution in [2.24, 2.45) is 0 Å². The Hall–Kier alpha value is -0.380. The van der Waals surface area contributed by atoms with Gasteiger partial charge in [-0.1, -0.05) is 46.3 Å². The van der Waals surface area contributed by atoms with Crippen LogP contribution in [0.25, 0.3) is 0 Å². The molecule has 0 aromatic carbocycles. The number of epoxide rings is 1. The monoisotopic (exact) mass is 202 g/mol. The maximum atomic E-state index is 9.06. The standard InChI is InChI=1S/C6H8O3.C3H8.C2H6/c7-3-1-2-4-6(9-4)5(3)8;1-3-2;1-2/h1-8H;3H2,1-2H3;1-2H3/t3-,4?,5-,6?;;/m0../s1. The lowest BCUT2D eigenvalue weighted by Gasteiger charge is -2.13. The second-order valence-corrected chi connectivity index (χ2v) is 3.14. The van der Waals surface area contributed by atoms with Crippen molar-refractivity contribution in [3.05, 3.63) is 12.2 Å². The van der Waals surface area contributed by atoms with E-state index in [2.05, 4.69) is 13.8 Å². The minimum Gasteiger partial charge on any atom is -0.387 e. The van der Waals surface area contributed by atoms with E-state index in [-0.39, 0.29) is 12.2 Å². The summed E-state index contributed by atoms with van der Waals surface area (Å²) in [6.07, 6.45) is 3.10. The van der Waals surface area contributed by atoms with Crippen LogP contribution in [0.5, 0.6) is 0 Å². The molecule has 84 valence electrons. The van der Waals surface area contributed by atoms with E-state index in [1.165, 1.54) is 6.42 Å². The third kappa shape index (κ3) is 3.78. The number of aliphatic hydroxyl groups excluding tert-OH is 2. The Morgan fingerprint density at radius 3 is 2.07 bits per heavy atom. The molecule has 0 amide bonds. The summed E-state index contributed by atoms with van der Waals surface area (Å²) in [7, 11) is 0. The summed E-state index contributed by atoms with van der Waals surface area (Å²) in [5.41, 5.74) is 0. The molecule has 0 saturated carbocycles. The highest BCUT2D eigenvalue weighted by molar-refractivity contribution is 5.15. The molecule has 2 rings (SSSR count). The lowest BCUT2D eigenvalue weighted by atomic mass is 10.0. The predicted octanol–water partition coefficient (Wildman–Crippen LogP) is 1.49. The molecule has 3 nitrogen and oxygen atoms in total. The molecule has 1 heterocycles. The molecule has 2 aliphatic rings. The average Bonchev–Trinajstić information content (AvgIpc) is 2.96. The SMILES string of the molecule is CC.CCC.O[C@@H]1C2OC2C=C[C@@H]1O. The Bertz CT molecular complexity index is 168. The van der Waals surface area contributed by atoms with Crippen LogP contribution in [0.4, 0.5) is 0 Å². The van der Waals surface area contributed by atoms with Crippen molar-refractivity contribution in [3.8, 4) is 0 Å². The van der Waals surface area contributed by atoms with Crippen LogP contribution in [0.2, 0.25) is 0 Å². The molecular formula is C11H22O3. The van der Waals surface area contributed by atoms with Gasteiger partial charge in [0.1, 0.15) is 24.4 Å². The molecule has 3 heteroatoms. The van der Waals surface area contributed by atoms with E-state index in [1.807, 2.05) is 13.8 Å². The van der Waals surface area contributed by atoms with Gasteiger partial charge in [-0.05, 0) is 0 Å². The third-order valence-electron chi connectivity index (χ3n) is 1.75. The van der Waals surface area contributed by atoms with E-state index in [0.29, 0.717) is 0 Å². The summed E-state index contributed by atoms with van der Waals surface area (Å²) in [6, 6.07) is 0. The van der Waals surface area contributed by atoms with Crippen LogP contribution in [0, 0.1) is 0 Å². The van der Waals surface area contributed by atoms with Crippen molar-refractivity contribution in [1.29, 1.82) is 0 Å². The van der Waals surface area contributed by atoms with Gasteiger partial charge in [0.15, 0.2) is 0 Å². The van der Waals surface area contributed by atoms with Gasteiger partial charge in [-0.25, -0.2) is 0 Å². The first-order chi connectivity index (χ1) is 6.70. The van der Waals surface area contributed by atoms with Crippen molar-refractivity contribution >= 4 is 0 Å². The second kappa shape index (κ2) is 6.98. The number of ether oxygens (including phenoxy) is 1. The van der Waals surface area contributed by atoms with E-state index in [0.717, 1.165) is 0 Å². The molecule has 1 saturated heterocycles. The van der Waals surface area contributed by atoms with Crippen molar-refractivity contribution in [3.63, 3.8) is 0 Å². The van der Waals surface area contributed by atoms with Crippen LogP contribution in [0.1, 0.15) is 34.1 Å². The normalized spacial score (nSPS) is 37.0. The molecule has 0 spiro atoms. The molecular weight excluding hydrogens is 180 g/mol. The van der Waals surface area contributed by atoms with Crippen molar-refractivity contribution in [2.45, 2.75) is 58.5 Å². The number of fused-ring (bicyclic) bond motifs is 1. The van der Waals surface area contributed by atoms with Crippen molar-refractivity contribution in [1.82, 2.24) is 0 Å². The second-order valence-electron chi connectivity index (χ2n) is 3.14. The molecule has 0 bridgehead atoms. The Labute approximate surface area is 86.4 Å². The molecule has 4 atom stereocenters. The molecule has 1 aliphatic carbocycles. The molecule has 0 aromatic heterocycles. The van der Waals surface area contributed by atoms with Crippen LogP contribution in [0.15, 0.2) is 12.2 Å². The Kier molecular flexibility index (Phi) is 6.79. The molecule has 2 unspecified atom stereocenters. The van der Waals surface area contributed by atoms with Gasteiger partial charge < -0.3 is 14.9 Å². The summed E-state index contributed by atoms with van der Waals surface area (Å²) in [6.45, 7) is 8.25. The molecule has 1 aliphatic heterocycles. The van der Waals surface area contributed by atoms with Gasteiger partial charge >= 0.3 is 0 Å². The van der Waals surface area contributed by atoms with E-state index >= 15 is 0 Å². The van der Waals surface area contributed by atoms with E-state index in [1.54, 1.807) is 12.2 Å². The van der Waals surface area contributed by atoms with Gasteiger partial charge in [0, 0.05) is 0 Å². The Morgan fingerprint density at radius 1 is 1.14 bits per heavy atom. The van der Waals surface area contributed by atoms with Gasteiger partial charge in [0.05, 0.1) is 0 Å². The fourth-order valence-electron chi connectivity index (χ4n) is 1.10. The van der Waals surface area contributed by atoms with Crippen LogP contribution >= 0.6 is 0 Å². The summed E-state index contributed by atoms with van der Waals surface area (Å²) in [4.78, 5) is 0. The first-order valence-electron chi connectivity index (χ1n) is 5.40. The maximum absolute atomic E-state index is 9.06. The Morgan fingerprint density at radius 2 is 1.64 bits per heavy atom. The lowest BCUT2D eigenvalue weighted by Crippen LogP contribution is -2.32. The largest absolute Gasteiger partial charge is 0.387 e. The smallest absolute Gasteiger partial charge is 0.117 e. The predicted molar refractivity (Wildman–Crippen MR) is 57.1 cm³/mol. The number of rotatable bonds is 0. The molecule has 14 heavy (non-hydrogen) atoms.